The first-order chi connectivity index (χ1) is 13.6. The van der Waals surface area contributed by atoms with Gasteiger partial charge in [0.1, 0.15) is 12.2 Å². The molecule has 1 N–H and O–H groups in total. The number of piperazine rings is 1. The number of benzene rings is 1. The third kappa shape index (κ3) is 4.52. The molecule has 1 aromatic carbocycles. The molecule has 1 aliphatic carbocycles. The van der Waals surface area contributed by atoms with Crippen molar-refractivity contribution < 1.29 is 4.79 Å². The van der Waals surface area contributed by atoms with Crippen molar-refractivity contribution in [1.29, 1.82) is 0 Å². The van der Waals surface area contributed by atoms with Crippen molar-refractivity contribution in [2.75, 3.05) is 37.6 Å². The summed E-state index contributed by atoms with van der Waals surface area (Å²) < 4.78 is 1.77. The van der Waals surface area contributed by atoms with Gasteiger partial charge in [0.2, 0.25) is 5.91 Å². The van der Waals surface area contributed by atoms with E-state index in [-0.39, 0.29) is 11.9 Å². The van der Waals surface area contributed by atoms with Crippen LogP contribution < -0.4 is 10.2 Å². The summed E-state index contributed by atoms with van der Waals surface area (Å²) in [6.07, 6.45) is 4.40. The van der Waals surface area contributed by atoms with Crippen LogP contribution in [0.2, 0.25) is 0 Å². The monoisotopic (exact) mass is 382 g/mol. The summed E-state index contributed by atoms with van der Waals surface area (Å²) in [5, 5.41) is 7.36. The van der Waals surface area contributed by atoms with Crippen molar-refractivity contribution in [1.82, 2.24) is 25.0 Å². The Morgan fingerprint density at radius 1 is 1.25 bits per heavy atom. The van der Waals surface area contributed by atoms with Crippen LogP contribution in [0, 0.1) is 12.8 Å². The Morgan fingerprint density at radius 2 is 2.04 bits per heavy atom. The van der Waals surface area contributed by atoms with Crippen LogP contribution >= 0.6 is 0 Å². The van der Waals surface area contributed by atoms with Crippen LogP contribution in [0.3, 0.4) is 0 Å². The maximum absolute atomic E-state index is 12.6. The van der Waals surface area contributed by atoms with Crippen LogP contribution in [0.1, 0.15) is 36.7 Å². The normalized spacial score (nSPS) is 18.9. The number of anilines is 1. The second-order valence-electron chi connectivity index (χ2n) is 8.04. The van der Waals surface area contributed by atoms with Gasteiger partial charge in [-0.25, -0.2) is 4.98 Å². The average molecular weight is 383 g/mol. The molecule has 1 aliphatic heterocycles. The van der Waals surface area contributed by atoms with Gasteiger partial charge >= 0.3 is 0 Å². The molecule has 1 aromatic heterocycles. The van der Waals surface area contributed by atoms with Crippen molar-refractivity contribution in [3.63, 3.8) is 0 Å². The van der Waals surface area contributed by atoms with Gasteiger partial charge in [-0.1, -0.05) is 12.1 Å². The number of nitrogens with one attached hydrogen (secondary N) is 1. The van der Waals surface area contributed by atoms with E-state index in [0.717, 1.165) is 51.4 Å². The zero-order valence-electron chi connectivity index (χ0n) is 16.8. The number of hydrogen-bond acceptors (Lipinski definition) is 5. The van der Waals surface area contributed by atoms with E-state index in [0.29, 0.717) is 12.3 Å². The highest BCUT2D eigenvalue weighted by atomic mass is 16.1. The Balaban J connectivity index is 1.24. The predicted octanol–water partition coefficient (Wildman–Crippen LogP) is 1.90. The average Bonchev–Trinajstić information content (AvgIpc) is 3.46. The van der Waals surface area contributed by atoms with Gasteiger partial charge in [0, 0.05) is 51.9 Å². The lowest BCUT2D eigenvalue weighted by Crippen LogP contribution is -2.47. The number of amides is 1. The van der Waals surface area contributed by atoms with Gasteiger partial charge in [-0.05, 0) is 43.4 Å². The third-order valence-corrected chi connectivity index (χ3v) is 5.83. The summed E-state index contributed by atoms with van der Waals surface area (Å²) in [6.45, 7) is 6.95. The van der Waals surface area contributed by atoms with E-state index in [4.69, 9.17) is 0 Å². The van der Waals surface area contributed by atoms with Crippen molar-refractivity contribution in [3.8, 4) is 0 Å². The number of carbonyl (C=O) groups is 1. The SMILES string of the molecule is Cc1cccc(N2CCN(CCC(=O)NC(c3ncnn3C)C3CC3)CC2)c1. The first-order valence-corrected chi connectivity index (χ1v) is 10.3. The molecular formula is C21H30N6O. The van der Waals surface area contributed by atoms with Crippen molar-refractivity contribution in [2.24, 2.45) is 13.0 Å². The summed E-state index contributed by atoms with van der Waals surface area (Å²) in [5.41, 5.74) is 2.60. The predicted molar refractivity (Wildman–Crippen MR) is 109 cm³/mol. The van der Waals surface area contributed by atoms with Crippen molar-refractivity contribution >= 4 is 11.6 Å². The third-order valence-electron chi connectivity index (χ3n) is 5.83. The molecule has 1 saturated heterocycles. The maximum Gasteiger partial charge on any atom is 0.221 e. The highest BCUT2D eigenvalue weighted by molar-refractivity contribution is 5.76. The molecule has 7 nitrogen and oxygen atoms in total. The van der Waals surface area contributed by atoms with E-state index in [1.807, 2.05) is 7.05 Å². The van der Waals surface area contributed by atoms with Crippen LogP contribution in [0.25, 0.3) is 0 Å². The van der Waals surface area contributed by atoms with Crippen LogP contribution in [-0.4, -0.2) is 58.3 Å². The van der Waals surface area contributed by atoms with Gasteiger partial charge in [-0.15, -0.1) is 0 Å². The fourth-order valence-corrected chi connectivity index (χ4v) is 3.97. The quantitative estimate of drug-likeness (QED) is 0.792. The van der Waals surface area contributed by atoms with Crippen LogP contribution in [-0.2, 0) is 11.8 Å². The molecule has 0 spiro atoms. The molecule has 1 saturated carbocycles. The van der Waals surface area contributed by atoms with E-state index >= 15 is 0 Å². The highest BCUT2D eigenvalue weighted by Gasteiger charge is 2.36. The second-order valence-corrected chi connectivity index (χ2v) is 8.04. The topological polar surface area (TPSA) is 66.3 Å². The van der Waals surface area contributed by atoms with E-state index in [2.05, 4.69) is 56.4 Å². The van der Waals surface area contributed by atoms with Gasteiger partial charge in [0.05, 0.1) is 6.04 Å². The summed E-state index contributed by atoms with van der Waals surface area (Å²) >= 11 is 0. The first-order valence-electron chi connectivity index (χ1n) is 10.3. The molecule has 4 rings (SSSR count). The molecule has 2 heterocycles. The molecule has 2 aromatic rings. The first kappa shape index (κ1) is 18.9. The Bertz CT molecular complexity index is 807. The lowest BCUT2D eigenvalue weighted by Gasteiger charge is -2.36. The van der Waals surface area contributed by atoms with E-state index < -0.39 is 0 Å². The van der Waals surface area contributed by atoms with Crippen LogP contribution in [0.4, 0.5) is 5.69 Å². The molecule has 2 fully saturated rings. The molecule has 28 heavy (non-hydrogen) atoms. The van der Waals surface area contributed by atoms with E-state index in [9.17, 15) is 4.79 Å². The van der Waals surface area contributed by atoms with Gasteiger partial charge in [-0.3, -0.25) is 14.4 Å². The number of aryl methyl sites for hydroxylation is 2. The Labute approximate surface area is 166 Å². The maximum atomic E-state index is 12.6. The number of nitrogens with zero attached hydrogens (tertiary/aromatic N) is 5. The standard InChI is InChI=1S/C21H30N6O/c1-16-4-3-5-18(14-16)27-12-10-26(11-13-27)9-8-19(28)24-20(17-6-7-17)21-22-15-23-25(21)2/h3-5,14-15,17,20H,6-13H2,1-2H3,(H,24,28). The van der Waals surface area contributed by atoms with E-state index in [1.54, 1.807) is 11.0 Å². The fourth-order valence-electron chi connectivity index (χ4n) is 3.97. The number of carbonyl (C=O) groups excluding carboxylic acids is 1. The van der Waals surface area contributed by atoms with Crippen LogP contribution in [0.5, 0.6) is 0 Å². The molecular weight excluding hydrogens is 352 g/mol. The molecule has 0 radical (unpaired) electrons. The minimum absolute atomic E-state index is 0.00170. The molecule has 0 bridgehead atoms. The Hall–Kier alpha value is -2.41. The molecule has 1 atom stereocenters. The highest BCUT2D eigenvalue weighted by Crippen LogP contribution is 2.40. The Kier molecular flexibility index (Phi) is 5.62. The van der Waals surface area contributed by atoms with Gasteiger partial charge in [-0.2, -0.15) is 5.10 Å². The minimum atomic E-state index is -0.00170. The summed E-state index contributed by atoms with van der Waals surface area (Å²) in [5.74, 6) is 1.48. The van der Waals surface area contributed by atoms with Gasteiger partial charge in [0.25, 0.3) is 0 Å². The summed E-state index contributed by atoms with van der Waals surface area (Å²) in [4.78, 5) is 21.7. The van der Waals surface area contributed by atoms with E-state index in [1.165, 1.54) is 11.3 Å². The number of rotatable bonds is 7. The minimum Gasteiger partial charge on any atom is -0.369 e. The lowest BCUT2D eigenvalue weighted by atomic mass is 10.1. The van der Waals surface area contributed by atoms with Gasteiger partial charge < -0.3 is 10.2 Å². The van der Waals surface area contributed by atoms with Gasteiger partial charge in [0.15, 0.2) is 0 Å². The summed E-state index contributed by atoms with van der Waals surface area (Å²) in [7, 11) is 1.89. The summed E-state index contributed by atoms with van der Waals surface area (Å²) in [6, 6.07) is 8.68. The molecule has 2 aliphatic rings. The Morgan fingerprint density at radius 3 is 2.68 bits per heavy atom. The molecule has 7 heteroatoms. The number of hydrogen-bond donors (Lipinski definition) is 1. The lowest BCUT2D eigenvalue weighted by molar-refractivity contribution is -0.122. The van der Waals surface area contributed by atoms with Crippen LogP contribution in [0.15, 0.2) is 30.6 Å². The zero-order chi connectivity index (χ0) is 19.5. The molecule has 1 unspecified atom stereocenters. The zero-order valence-corrected chi connectivity index (χ0v) is 16.8. The largest absolute Gasteiger partial charge is 0.369 e. The number of aromatic nitrogens is 3. The smallest absolute Gasteiger partial charge is 0.221 e. The molecule has 1 amide bonds. The molecule has 150 valence electrons. The van der Waals surface area contributed by atoms with Crippen molar-refractivity contribution in [3.05, 3.63) is 42.0 Å². The van der Waals surface area contributed by atoms with Crippen molar-refractivity contribution in [2.45, 2.75) is 32.2 Å². The second kappa shape index (κ2) is 8.31. The fraction of sp³-hybridized carbons (Fsp3) is 0.571.